The molecule has 3 N–H and O–H groups in total. The Hall–Kier alpha value is -1.40. The normalized spacial score (nSPS) is 12.7. The molecule has 6 heteroatoms. The van der Waals surface area contributed by atoms with Crippen molar-refractivity contribution < 1.29 is 24.5 Å². The summed E-state index contributed by atoms with van der Waals surface area (Å²) in [6.07, 6.45) is 59.2. The van der Waals surface area contributed by atoms with Gasteiger partial charge in [-0.2, -0.15) is 0 Å². The second-order valence-corrected chi connectivity index (χ2v) is 18.9. The Bertz CT molecular complexity index is 909. The summed E-state index contributed by atoms with van der Waals surface area (Å²) in [7, 11) is 0. The highest BCUT2D eigenvalue weighted by molar-refractivity contribution is 5.76. The Morgan fingerprint density at radius 2 is 0.770 bits per heavy atom. The van der Waals surface area contributed by atoms with Gasteiger partial charge in [0.05, 0.1) is 25.4 Å². The fourth-order valence-corrected chi connectivity index (χ4v) is 8.58. The van der Waals surface area contributed by atoms with E-state index in [1.165, 1.54) is 231 Å². The van der Waals surface area contributed by atoms with Crippen LogP contribution < -0.4 is 5.32 Å². The zero-order valence-electron chi connectivity index (χ0n) is 41.2. The molecule has 0 spiro atoms. The zero-order valence-corrected chi connectivity index (χ0v) is 41.2. The van der Waals surface area contributed by atoms with Gasteiger partial charge in [-0.15, -0.1) is 0 Å². The third-order valence-corrected chi connectivity index (χ3v) is 12.8. The summed E-state index contributed by atoms with van der Waals surface area (Å²) >= 11 is 0. The van der Waals surface area contributed by atoms with Gasteiger partial charge >= 0.3 is 5.97 Å². The topological polar surface area (TPSA) is 95.9 Å². The number of rotatable bonds is 51. The average Bonchev–Trinajstić information content (AvgIpc) is 3.26. The predicted molar refractivity (Wildman–Crippen MR) is 264 cm³/mol. The molecule has 0 rings (SSSR count). The predicted octanol–water partition coefficient (Wildman–Crippen LogP) is 16.5. The van der Waals surface area contributed by atoms with Gasteiger partial charge in [0.1, 0.15) is 0 Å². The number of esters is 1. The van der Waals surface area contributed by atoms with E-state index in [0.29, 0.717) is 25.9 Å². The van der Waals surface area contributed by atoms with Crippen molar-refractivity contribution >= 4 is 11.9 Å². The fraction of sp³-hybridized carbons (Fsp3) is 0.927. The quantitative estimate of drug-likeness (QED) is 0.0322. The summed E-state index contributed by atoms with van der Waals surface area (Å²) in [5.41, 5.74) is 0. The first-order valence-corrected chi connectivity index (χ1v) is 27.4. The van der Waals surface area contributed by atoms with Crippen molar-refractivity contribution in [3.8, 4) is 0 Å². The second kappa shape index (κ2) is 51.2. The van der Waals surface area contributed by atoms with Crippen LogP contribution in [0.3, 0.4) is 0 Å². The number of amides is 1. The van der Waals surface area contributed by atoms with E-state index in [-0.39, 0.29) is 18.5 Å². The lowest BCUT2D eigenvalue weighted by atomic mass is 10.0. The van der Waals surface area contributed by atoms with Crippen LogP contribution in [0.2, 0.25) is 0 Å². The lowest BCUT2D eigenvalue weighted by Crippen LogP contribution is -2.45. The monoisotopic (exact) mass is 862 g/mol. The highest BCUT2D eigenvalue weighted by Gasteiger charge is 2.20. The number of hydrogen-bond donors (Lipinski definition) is 3. The van der Waals surface area contributed by atoms with Crippen molar-refractivity contribution in [2.75, 3.05) is 13.2 Å². The van der Waals surface area contributed by atoms with Crippen molar-refractivity contribution in [2.45, 2.75) is 315 Å². The fourth-order valence-electron chi connectivity index (χ4n) is 8.58. The Labute approximate surface area is 380 Å². The molecule has 0 aliphatic heterocycles. The van der Waals surface area contributed by atoms with Crippen molar-refractivity contribution in [3.05, 3.63) is 12.2 Å². The number of unbranched alkanes of at least 4 members (excludes halogenated alkanes) is 38. The number of carbonyl (C=O) groups excluding carboxylic acids is 2. The van der Waals surface area contributed by atoms with E-state index in [0.717, 1.165) is 38.5 Å². The Morgan fingerprint density at radius 1 is 0.443 bits per heavy atom. The minimum absolute atomic E-state index is 0.0115. The summed E-state index contributed by atoms with van der Waals surface area (Å²) < 4.78 is 5.47. The first kappa shape index (κ1) is 59.6. The van der Waals surface area contributed by atoms with E-state index in [1.807, 2.05) is 0 Å². The molecule has 0 heterocycles. The lowest BCUT2D eigenvalue weighted by molar-refractivity contribution is -0.143. The molecule has 2 unspecified atom stereocenters. The van der Waals surface area contributed by atoms with Gasteiger partial charge in [-0.25, -0.2) is 0 Å². The van der Waals surface area contributed by atoms with E-state index in [9.17, 15) is 19.8 Å². The lowest BCUT2D eigenvalue weighted by Gasteiger charge is -2.22. The molecule has 362 valence electrons. The van der Waals surface area contributed by atoms with Gasteiger partial charge in [-0.05, 0) is 51.4 Å². The Kier molecular flexibility index (Phi) is 50.1. The van der Waals surface area contributed by atoms with E-state index >= 15 is 0 Å². The van der Waals surface area contributed by atoms with Crippen LogP contribution in [0.4, 0.5) is 0 Å². The molecule has 0 aliphatic carbocycles. The number of carbonyl (C=O) groups is 2. The van der Waals surface area contributed by atoms with Crippen molar-refractivity contribution in [1.82, 2.24) is 5.32 Å². The number of aliphatic hydroxyl groups is 2. The molecule has 0 bridgehead atoms. The molecule has 0 radical (unpaired) electrons. The molecule has 0 aromatic carbocycles. The SMILES string of the molecule is CCCCCCCCCCCCCCCC(=O)OCCCCCCCCCCCCC/C=C\CCCCCCCCCC(=O)NC(CO)C(O)CCCCCCCCCCC. The van der Waals surface area contributed by atoms with E-state index in [4.69, 9.17) is 4.74 Å². The molecule has 0 saturated carbocycles. The smallest absolute Gasteiger partial charge is 0.305 e. The molecule has 0 fully saturated rings. The standard InChI is InChI=1S/C55H107NO5/c1-3-5-7-9-11-13-14-25-29-33-37-41-45-49-55(60)61-50-46-42-38-34-30-27-24-22-20-18-16-15-17-19-21-23-26-28-32-36-40-44-48-54(59)56-52(51-57)53(58)47-43-39-35-31-12-10-8-6-4-2/h17,19,52-53,57-58H,3-16,18,20-51H2,1-2H3,(H,56,59)/b19-17-. The minimum atomic E-state index is -0.665. The summed E-state index contributed by atoms with van der Waals surface area (Å²) in [6.45, 7) is 4.93. The van der Waals surface area contributed by atoms with Crippen LogP contribution in [0, 0.1) is 0 Å². The van der Waals surface area contributed by atoms with Crippen LogP contribution in [0.25, 0.3) is 0 Å². The third-order valence-electron chi connectivity index (χ3n) is 12.8. The largest absolute Gasteiger partial charge is 0.466 e. The molecule has 6 nitrogen and oxygen atoms in total. The summed E-state index contributed by atoms with van der Waals surface area (Å²) in [5, 5.41) is 23.1. The van der Waals surface area contributed by atoms with Gasteiger partial charge < -0.3 is 20.3 Å². The number of aliphatic hydroxyl groups excluding tert-OH is 2. The van der Waals surface area contributed by atoms with Gasteiger partial charge in [0.15, 0.2) is 0 Å². The van der Waals surface area contributed by atoms with Crippen molar-refractivity contribution in [3.63, 3.8) is 0 Å². The second-order valence-electron chi connectivity index (χ2n) is 18.9. The maximum absolute atomic E-state index is 12.4. The molecule has 61 heavy (non-hydrogen) atoms. The van der Waals surface area contributed by atoms with Gasteiger partial charge in [0, 0.05) is 12.8 Å². The highest BCUT2D eigenvalue weighted by atomic mass is 16.5. The average molecular weight is 862 g/mol. The third kappa shape index (κ3) is 47.9. The molecule has 0 aromatic heterocycles. The number of hydrogen-bond acceptors (Lipinski definition) is 5. The van der Waals surface area contributed by atoms with Crippen LogP contribution in [-0.4, -0.2) is 47.4 Å². The maximum atomic E-state index is 12.4. The molecular weight excluding hydrogens is 755 g/mol. The molecular formula is C55H107NO5. The first-order chi connectivity index (χ1) is 30.0. The van der Waals surface area contributed by atoms with Crippen LogP contribution in [0.1, 0.15) is 303 Å². The van der Waals surface area contributed by atoms with Gasteiger partial charge in [0.25, 0.3) is 0 Å². The number of allylic oxidation sites excluding steroid dienone is 2. The minimum Gasteiger partial charge on any atom is -0.466 e. The highest BCUT2D eigenvalue weighted by Crippen LogP contribution is 2.17. The van der Waals surface area contributed by atoms with Gasteiger partial charge in [0.2, 0.25) is 5.91 Å². The van der Waals surface area contributed by atoms with Crippen molar-refractivity contribution in [1.29, 1.82) is 0 Å². The Morgan fingerprint density at radius 3 is 1.16 bits per heavy atom. The molecule has 0 aromatic rings. The van der Waals surface area contributed by atoms with E-state index in [1.54, 1.807) is 0 Å². The number of ether oxygens (including phenoxy) is 1. The van der Waals surface area contributed by atoms with Crippen LogP contribution in [-0.2, 0) is 14.3 Å². The summed E-state index contributed by atoms with van der Waals surface area (Å²) in [4.78, 5) is 24.4. The van der Waals surface area contributed by atoms with Crippen LogP contribution in [0.5, 0.6) is 0 Å². The van der Waals surface area contributed by atoms with Crippen LogP contribution in [0.15, 0.2) is 12.2 Å². The molecule has 0 aliphatic rings. The van der Waals surface area contributed by atoms with Crippen LogP contribution >= 0.6 is 0 Å². The molecule has 2 atom stereocenters. The maximum Gasteiger partial charge on any atom is 0.305 e. The number of nitrogens with one attached hydrogen (secondary N) is 1. The van der Waals surface area contributed by atoms with Gasteiger partial charge in [-0.1, -0.05) is 251 Å². The first-order valence-electron chi connectivity index (χ1n) is 27.4. The summed E-state index contributed by atoms with van der Waals surface area (Å²) in [5.74, 6) is -0.0323. The zero-order chi connectivity index (χ0) is 44.4. The van der Waals surface area contributed by atoms with E-state index < -0.39 is 12.1 Å². The van der Waals surface area contributed by atoms with E-state index in [2.05, 4.69) is 31.3 Å². The molecule has 1 amide bonds. The Balaban J connectivity index is 3.38. The molecule has 0 saturated heterocycles. The van der Waals surface area contributed by atoms with Gasteiger partial charge in [-0.3, -0.25) is 9.59 Å². The summed E-state index contributed by atoms with van der Waals surface area (Å²) in [6, 6.07) is -0.543. The van der Waals surface area contributed by atoms with Crippen molar-refractivity contribution in [2.24, 2.45) is 0 Å².